The molecular formula is C30H46N2O5S. The Morgan fingerprint density at radius 3 is 2.45 bits per heavy atom. The molecule has 2 fully saturated rings. The molecule has 4 heterocycles. The molecular weight excluding hydrogens is 500 g/mol. The zero-order valence-corrected chi connectivity index (χ0v) is 24.8. The van der Waals surface area contributed by atoms with Crippen molar-refractivity contribution in [1.82, 2.24) is 9.80 Å². The third kappa shape index (κ3) is 5.19. The summed E-state index contributed by atoms with van der Waals surface area (Å²) in [5.74, 6) is -1.90. The number of ether oxygens (including phenoxy) is 1. The van der Waals surface area contributed by atoms with E-state index in [0.29, 0.717) is 32.5 Å². The number of hydrogen-bond donors (Lipinski definition) is 1. The quantitative estimate of drug-likeness (QED) is 0.303. The van der Waals surface area contributed by atoms with Crippen LogP contribution in [0.2, 0.25) is 0 Å². The number of carbonyl (C=O) groups is 3. The van der Waals surface area contributed by atoms with E-state index in [1.165, 1.54) is 0 Å². The van der Waals surface area contributed by atoms with E-state index < -0.39 is 32.9 Å². The molecule has 4 rings (SSSR count). The van der Waals surface area contributed by atoms with E-state index in [4.69, 9.17) is 4.74 Å². The number of aliphatic hydroxyl groups excluding tert-OH is 1. The Hall–Kier alpha value is -1.80. The maximum absolute atomic E-state index is 14.6. The van der Waals surface area contributed by atoms with E-state index in [-0.39, 0.29) is 29.8 Å². The van der Waals surface area contributed by atoms with Gasteiger partial charge >= 0.3 is 5.97 Å². The van der Waals surface area contributed by atoms with Crippen molar-refractivity contribution < 1.29 is 24.2 Å². The van der Waals surface area contributed by atoms with Crippen molar-refractivity contribution in [1.29, 1.82) is 0 Å². The molecule has 0 aromatic carbocycles. The highest BCUT2D eigenvalue weighted by Crippen LogP contribution is 2.65. The first-order chi connectivity index (χ1) is 17.8. The summed E-state index contributed by atoms with van der Waals surface area (Å²) >= 11 is 1.60. The Morgan fingerprint density at radius 2 is 1.76 bits per heavy atom. The zero-order chi connectivity index (χ0) is 27.9. The number of fused-ring (bicyclic) bond motifs is 2. The lowest BCUT2D eigenvalue weighted by Gasteiger charge is -2.44. The average molecular weight is 547 g/mol. The molecule has 2 saturated heterocycles. The molecule has 212 valence electrons. The summed E-state index contributed by atoms with van der Waals surface area (Å²) in [6.07, 6.45) is 12.9. The van der Waals surface area contributed by atoms with Crippen molar-refractivity contribution in [3.63, 3.8) is 0 Å². The van der Waals surface area contributed by atoms with Crippen LogP contribution in [0.1, 0.15) is 80.1 Å². The Bertz CT molecular complexity index is 1000. The number of hydrogen-bond acceptors (Lipinski definition) is 6. The fourth-order valence-electron chi connectivity index (χ4n) is 7.37. The molecule has 0 aliphatic carbocycles. The van der Waals surface area contributed by atoms with E-state index in [2.05, 4.69) is 52.8 Å². The molecule has 38 heavy (non-hydrogen) atoms. The number of esters is 1. The molecule has 4 aliphatic heterocycles. The molecule has 0 bridgehead atoms. The summed E-state index contributed by atoms with van der Waals surface area (Å²) in [5.41, 5.74) is -0.411. The second kappa shape index (κ2) is 10.6. The van der Waals surface area contributed by atoms with Crippen LogP contribution in [0.5, 0.6) is 0 Å². The zero-order valence-electron chi connectivity index (χ0n) is 24.0. The SMILES string of the molecule is CC(C)(C)CC(C)(C)N1CC=C[C@]23S[C@@]4(C)/C=C\CCCCOC(=O)[C@H]4[C@H]2C(=O)N(CCCCO)C3C1=O. The Balaban J connectivity index is 1.82. The van der Waals surface area contributed by atoms with E-state index in [1.807, 2.05) is 17.9 Å². The number of likely N-dealkylation sites (tertiary alicyclic amines) is 1. The molecule has 7 nitrogen and oxygen atoms in total. The van der Waals surface area contributed by atoms with E-state index >= 15 is 0 Å². The summed E-state index contributed by atoms with van der Waals surface area (Å²) in [6, 6.07) is -0.711. The number of allylic oxidation sites excluding steroid dienone is 1. The van der Waals surface area contributed by atoms with Crippen molar-refractivity contribution >= 4 is 29.5 Å². The second-order valence-electron chi connectivity index (χ2n) is 13.4. The Labute approximate surface area is 232 Å². The van der Waals surface area contributed by atoms with Gasteiger partial charge in [-0.2, -0.15) is 0 Å². The highest BCUT2D eigenvalue weighted by Gasteiger charge is 2.74. The average Bonchev–Trinajstić information content (AvgIpc) is 3.11. The molecule has 4 aliphatic rings. The van der Waals surface area contributed by atoms with Gasteiger partial charge in [0.2, 0.25) is 11.8 Å². The summed E-state index contributed by atoms with van der Waals surface area (Å²) in [7, 11) is 0. The van der Waals surface area contributed by atoms with Crippen LogP contribution in [0, 0.1) is 17.3 Å². The lowest BCUT2D eigenvalue weighted by Crippen LogP contribution is -2.58. The van der Waals surface area contributed by atoms with Crippen LogP contribution < -0.4 is 0 Å². The number of nitrogens with zero attached hydrogens (tertiary/aromatic N) is 2. The van der Waals surface area contributed by atoms with Crippen LogP contribution in [-0.2, 0) is 19.1 Å². The van der Waals surface area contributed by atoms with Gasteiger partial charge in [-0.05, 0) is 64.7 Å². The van der Waals surface area contributed by atoms with E-state index in [1.54, 1.807) is 16.7 Å². The monoisotopic (exact) mass is 546 g/mol. The summed E-state index contributed by atoms with van der Waals surface area (Å²) in [4.78, 5) is 46.2. The number of aliphatic hydroxyl groups is 1. The van der Waals surface area contributed by atoms with Crippen molar-refractivity contribution in [2.75, 3.05) is 26.3 Å². The van der Waals surface area contributed by atoms with Gasteiger partial charge in [-0.15, -0.1) is 11.8 Å². The molecule has 0 radical (unpaired) electrons. The van der Waals surface area contributed by atoms with Gasteiger partial charge < -0.3 is 19.6 Å². The van der Waals surface area contributed by atoms with E-state index in [9.17, 15) is 19.5 Å². The van der Waals surface area contributed by atoms with Gasteiger partial charge in [0, 0.05) is 30.0 Å². The smallest absolute Gasteiger partial charge is 0.311 e. The first kappa shape index (κ1) is 29.2. The standard InChI is InChI=1S/C30H46N2O5S/c1-27(2,3)20-28(4,5)32-17-13-15-30-21(24(34)31(16-10-11-18-33)23(30)25(32)35)22-26(36)37-19-12-8-7-9-14-29(22,6)38-30/h9,13-15,21-23,33H,7-8,10-12,16-20H2,1-6H3/b14-9-/t21-,22+,23?,29-,30-/m0/s1. The Morgan fingerprint density at radius 1 is 1.03 bits per heavy atom. The van der Waals surface area contributed by atoms with Crippen LogP contribution in [0.15, 0.2) is 24.3 Å². The molecule has 0 aromatic rings. The van der Waals surface area contributed by atoms with E-state index in [0.717, 1.165) is 25.7 Å². The summed E-state index contributed by atoms with van der Waals surface area (Å²) in [5, 5.41) is 9.42. The molecule has 1 spiro atoms. The van der Waals surface area contributed by atoms with Crippen LogP contribution in [-0.4, -0.2) is 80.1 Å². The molecule has 2 amide bonds. The molecule has 1 unspecified atom stereocenters. The number of carbonyl (C=O) groups excluding carboxylic acids is 3. The van der Waals surface area contributed by atoms with Gasteiger partial charge in [0.1, 0.15) is 6.04 Å². The van der Waals surface area contributed by atoms with Crippen molar-refractivity contribution in [2.45, 2.75) is 101 Å². The molecule has 0 aromatic heterocycles. The molecule has 1 N–H and O–H groups in total. The number of unbranched alkanes of at least 4 members (excludes halogenated alkanes) is 1. The van der Waals surface area contributed by atoms with Gasteiger partial charge in [0.25, 0.3) is 0 Å². The normalized spacial score (nSPS) is 34.9. The number of amides is 2. The predicted molar refractivity (Wildman–Crippen MR) is 150 cm³/mol. The van der Waals surface area contributed by atoms with Gasteiger partial charge in [-0.1, -0.05) is 45.1 Å². The topological polar surface area (TPSA) is 87.2 Å². The van der Waals surface area contributed by atoms with Gasteiger partial charge in [0.15, 0.2) is 0 Å². The number of thioether (sulfide) groups is 1. The fraction of sp³-hybridized carbons (Fsp3) is 0.767. The second-order valence-corrected chi connectivity index (χ2v) is 15.2. The minimum atomic E-state index is -0.864. The number of rotatable bonds is 6. The van der Waals surface area contributed by atoms with Crippen molar-refractivity contribution in [3.8, 4) is 0 Å². The molecule has 8 heteroatoms. The first-order valence-corrected chi connectivity index (χ1v) is 15.0. The van der Waals surface area contributed by atoms with Gasteiger partial charge in [-0.25, -0.2) is 0 Å². The Kier molecular flexibility index (Phi) is 8.17. The minimum absolute atomic E-state index is 0.0128. The predicted octanol–water partition coefficient (Wildman–Crippen LogP) is 4.34. The summed E-state index contributed by atoms with van der Waals surface area (Å²) in [6.45, 7) is 14.0. The lowest BCUT2D eigenvalue weighted by molar-refractivity contribution is -0.154. The first-order valence-electron chi connectivity index (χ1n) is 14.2. The number of cyclic esters (lactones) is 1. The third-order valence-electron chi connectivity index (χ3n) is 8.50. The molecule has 5 atom stereocenters. The fourth-order valence-corrected chi connectivity index (χ4v) is 9.52. The summed E-state index contributed by atoms with van der Waals surface area (Å²) < 4.78 is 4.22. The largest absolute Gasteiger partial charge is 0.465 e. The maximum Gasteiger partial charge on any atom is 0.311 e. The van der Waals surface area contributed by atoms with Crippen LogP contribution in [0.3, 0.4) is 0 Å². The highest BCUT2D eigenvalue weighted by atomic mass is 32.2. The lowest BCUT2D eigenvalue weighted by atomic mass is 9.74. The van der Waals surface area contributed by atoms with Gasteiger partial charge in [-0.3, -0.25) is 14.4 Å². The minimum Gasteiger partial charge on any atom is -0.465 e. The van der Waals surface area contributed by atoms with Crippen LogP contribution in [0.4, 0.5) is 0 Å². The van der Waals surface area contributed by atoms with Crippen molar-refractivity contribution in [2.24, 2.45) is 17.3 Å². The highest BCUT2D eigenvalue weighted by molar-refractivity contribution is 8.02. The third-order valence-corrected chi connectivity index (χ3v) is 10.3. The van der Waals surface area contributed by atoms with Crippen LogP contribution >= 0.6 is 11.8 Å². The van der Waals surface area contributed by atoms with Crippen LogP contribution in [0.25, 0.3) is 0 Å². The van der Waals surface area contributed by atoms with Gasteiger partial charge in [0.05, 0.1) is 23.2 Å². The maximum atomic E-state index is 14.6. The van der Waals surface area contributed by atoms with Crippen molar-refractivity contribution in [3.05, 3.63) is 24.3 Å². The molecule has 0 saturated carbocycles.